The number of hydrogen-bond acceptors (Lipinski definition) is 5. The van der Waals surface area contributed by atoms with E-state index in [1.165, 1.54) is 0 Å². The van der Waals surface area contributed by atoms with Crippen LogP contribution in [0.4, 0.5) is 10.6 Å². The second-order valence-electron chi connectivity index (χ2n) is 8.62. The highest BCUT2D eigenvalue weighted by Crippen LogP contribution is 2.30. The number of anilines is 1. The van der Waals surface area contributed by atoms with Crippen LogP contribution in [0.25, 0.3) is 5.52 Å². The van der Waals surface area contributed by atoms with Crippen molar-refractivity contribution in [1.29, 1.82) is 0 Å². The number of benzene rings is 2. The lowest BCUT2D eigenvalue weighted by Crippen LogP contribution is -2.49. The number of rotatable bonds is 3. The molecule has 5 rings (SSSR count). The van der Waals surface area contributed by atoms with Crippen LogP contribution >= 0.6 is 0 Å². The molecule has 0 spiro atoms. The number of fused-ring (bicyclic) bond motifs is 1. The van der Waals surface area contributed by atoms with Crippen molar-refractivity contribution < 1.29 is 9.53 Å². The first kappa shape index (κ1) is 21.5. The molecule has 2 aromatic carbocycles. The Balaban J connectivity index is 1.35. The highest BCUT2D eigenvalue weighted by molar-refractivity contribution is 5.74. The molecular formula is C27H25N5O2. The Hall–Kier alpha value is -4.31. The molecule has 1 saturated heterocycles. The number of nitrogens with zero attached hydrogens (tertiary/aromatic N) is 4. The number of amides is 1. The minimum atomic E-state index is -0.322. The van der Waals surface area contributed by atoms with Gasteiger partial charge < -0.3 is 15.4 Å². The molecule has 1 fully saturated rings. The second-order valence-corrected chi connectivity index (χ2v) is 8.62. The molecule has 0 bridgehead atoms. The number of ether oxygens (including phenoxy) is 1. The van der Waals surface area contributed by atoms with Gasteiger partial charge in [0.2, 0.25) is 0 Å². The number of likely N-dealkylation sites (tertiary alicyclic amines) is 1. The van der Waals surface area contributed by atoms with E-state index in [0.717, 1.165) is 28.1 Å². The number of carbonyl (C=O) groups excluding carboxylic acids is 1. The maximum atomic E-state index is 12.4. The Bertz CT molecular complexity index is 1410. The third-order valence-electron chi connectivity index (χ3n) is 5.87. The second kappa shape index (κ2) is 8.91. The monoisotopic (exact) mass is 451 g/mol. The summed E-state index contributed by atoms with van der Waals surface area (Å²) in [7, 11) is 0. The Kier molecular flexibility index (Phi) is 5.64. The molecule has 4 aromatic rings. The smallest absolute Gasteiger partial charge is 0.410 e. The topological polar surface area (TPSA) is 85.8 Å². The zero-order chi connectivity index (χ0) is 23.7. The van der Waals surface area contributed by atoms with Crippen molar-refractivity contribution in [3.63, 3.8) is 0 Å². The zero-order valence-corrected chi connectivity index (χ0v) is 19.2. The van der Waals surface area contributed by atoms with Crippen LogP contribution in [0, 0.1) is 25.7 Å². The standard InChI is InChI=1S/C27H25N5O2/c1-18-12-19(2)14-21(13-18)8-9-23-24-25(28)29-10-11-32(24)26(30-23)22-15-31(16-22)27(33)34-17-20-6-4-3-5-7-20/h3-7,10-14,22H,15-17H2,1-2H3,(H2,28,29). The SMILES string of the molecule is Cc1cc(C)cc(C#Cc2nc(C3CN(C(=O)OCc4ccccc4)C3)n3ccnc(N)c23)c1. The predicted molar refractivity (Wildman–Crippen MR) is 130 cm³/mol. The van der Waals surface area contributed by atoms with E-state index in [0.29, 0.717) is 30.1 Å². The molecule has 2 aromatic heterocycles. The fourth-order valence-electron chi connectivity index (χ4n) is 4.24. The van der Waals surface area contributed by atoms with E-state index in [2.05, 4.69) is 36.7 Å². The summed E-state index contributed by atoms with van der Waals surface area (Å²) in [5, 5.41) is 0. The molecule has 7 nitrogen and oxygen atoms in total. The van der Waals surface area contributed by atoms with E-state index < -0.39 is 0 Å². The maximum absolute atomic E-state index is 12.4. The molecule has 7 heteroatoms. The Morgan fingerprint density at radius 2 is 1.85 bits per heavy atom. The predicted octanol–water partition coefficient (Wildman–Crippen LogP) is 4.06. The third-order valence-corrected chi connectivity index (χ3v) is 5.87. The van der Waals surface area contributed by atoms with Gasteiger partial charge in [0.05, 0.1) is 5.92 Å². The molecule has 1 aliphatic heterocycles. The van der Waals surface area contributed by atoms with Gasteiger partial charge in [0.15, 0.2) is 5.82 Å². The van der Waals surface area contributed by atoms with E-state index in [-0.39, 0.29) is 18.6 Å². The Labute approximate surface area is 198 Å². The van der Waals surface area contributed by atoms with Crippen LogP contribution in [0.1, 0.15) is 39.7 Å². The first-order valence-corrected chi connectivity index (χ1v) is 11.2. The number of hydrogen-bond donors (Lipinski definition) is 1. The van der Waals surface area contributed by atoms with Gasteiger partial charge in [-0.05, 0) is 48.6 Å². The fourth-order valence-corrected chi connectivity index (χ4v) is 4.24. The molecule has 0 unspecified atom stereocenters. The number of carbonyl (C=O) groups is 1. The van der Waals surface area contributed by atoms with Crippen LogP contribution in [0.15, 0.2) is 60.9 Å². The van der Waals surface area contributed by atoms with Crippen molar-refractivity contribution in [2.45, 2.75) is 26.4 Å². The normalized spacial score (nSPS) is 13.3. The zero-order valence-electron chi connectivity index (χ0n) is 19.2. The molecule has 0 saturated carbocycles. The average molecular weight is 452 g/mol. The van der Waals surface area contributed by atoms with Gasteiger partial charge >= 0.3 is 6.09 Å². The van der Waals surface area contributed by atoms with Gasteiger partial charge in [-0.1, -0.05) is 42.3 Å². The number of aromatic nitrogens is 3. The Morgan fingerprint density at radius 3 is 2.59 bits per heavy atom. The van der Waals surface area contributed by atoms with Gasteiger partial charge in [-0.15, -0.1) is 0 Å². The number of nitrogens with two attached hydrogens (primary N) is 1. The van der Waals surface area contributed by atoms with Gasteiger partial charge in [0.25, 0.3) is 0 Å². The molecule has 0 aliphatic carbocycles. The summed E-state index contributed by atoms with van der Waals surface area (Å²) in [6.45, 7) is 5.42. The summed E-state index contributed by atoms with van der Waals surface area (Å²) >= 11 is 0. The first-order valence-electron chi connectivity index (χ1n) is 11.2. The minimum Gasteiger partial charge on any atom is -0.445 e. The maximum Gasteiger partial charge on any atom is 0.410 e. The van der Waals surface area contributed by atoms with E-state index >= 15 is 0 Å². The Morgan fingerprint density at radius 1 is 1.12 bits per heavy atom. The van der Waals surface area contributed by atoms with Gasteiger partial charge in [-0.3, -0.25) is 4.40 Å². The van der Waals surface area contributed by atoms with Gasteiger partial charge in [0.1, 0.15) is 23.6 Å². The van der Waals surface area contributed by atoms with E-state index in [4.69, 9.17) is 15.5 Å². The summed E-state index contributed by atoms with van der Waals surface area (Å²) in [6, 6.07) is 15.9. The van der Waals surface area contributed by atoms with Crippen LogP contribution in [0.3, 0.4) is 0 Å². The molecule has 1 aliphatic rings. The molecule has 1 amide bonds. The molecule has 34 heavy (non-hydrogen) atoms. The molecule has 170 valence electrons. The molecule has 0 radical (unpaired) electrons. The summed E-state index contributed by atoms with van der Waals surface area (Å²) in [6.07, 6.45) is 3.17. The van der Waals surface area contributed by atoms with Crippen LogP contribution < -0.4 is 5.73 Å². The molecular weight excluding hydrogens is 426 g/mol. The minimum absolute atomic E-state index is 0.0651. The quantitative estimate of drug-likeness (QED) is 0.475. The van der Waals surface area contributed by atoms with E-state index in [1.807, 2.05) is 53.1 Å². The number of nitrogen functional groups attached to an aromatic ring is 1. The summed E-state index contributed by atoms with van der Waals surface area (Å²) in [5.41, 5.74) is 11.7. The largest absolute Gasteiger partial charge is 0.445 e. The molecule has 2 N–H and O–H groups in total. The van der Waals surface area contributed by atoms with Crippen molar-refractivity contribution >= 4 is 17.4 Å². The summed E-state index contributed by atoms with van der Waals surface area (Å²) < 4.78 is 7.38. The van der Waals surface area contributed by atoms with Crippen molar-refractivity contribution in [3.05, 3.63) is 94.7 Å². The fraction of sp³-hybridized carbons (Fsp3) is 0.222. The van der Waals surface area contributed by atoms with E-state index in [9.17, 15) is 4.79 Å². The van der Waals surface area contributed by atoms with Crippen LogP contribution in [0.5, 0.6) is 0 Å². The summed E-state index contributed by atoms with van der Waals surface area (Å²) in [4.78, 5) is 23.2. The van der Waals surface area contributed by atoms with Crippen molar-refractivity contribution in [1.82, 2.24) is 19.3 Å². The first-order chi connectivity index (χ1) is 16.5. The lowest BCUT2D eigenvalue weighted by molar-refractivity contribution is 0.0649. The van der Waals surface area contributed by atoms with Gasteiger partial charge in [-0.25, -0.2) is 14.8 Å². The van der Waals surface area contributed by atoms with Crippen molar-refractivity contribution in [3.8, 4) is 11.8 Å². The molecule has 3 heterocycles. The highest BCUT2D eigenvalue weighted by atomic mass is 16.6. The van der Waals surface area contributed by atoms with Crippen molar-refractivity contribution in [2.24, 2.45) is 0 Å². The lowest BCUT2D eigenvalue weighted by Gasteiger charge is -2.37. The van der Waals surface area contributed by atoms with Crippen LogP contribution in [0.2, 0.25) is 0 Å². The lowest BCUT2D eigenvalue weighted by atomic mass is 10.0. The van der Waals surface area contributed by atoms with Crippen molar-refractivity contribution in [2.75, 3.05) is 18.8 Å². The van der Waals surface area contributed by atoms with Gasteiger partial charge in [0, 0.05) is 31.0 Å². The van der Waals surface area contributed by atoms with Crippen LogP contribution in [-0.2, 0) is 11.3 Å². The average Bonchev–Trinajstić information content (AvgIpc) is 3.15. The molecule has 0 atom stereocenters. The summed E-state index contributed by atoms with van der Waals surface area (Å²) in [5.74, 6) is 7.67. The number of imidazole rings is 1. The van der Waals surface area contributed by atoms with Gasteiger partial charge in [-0.2, -0.15) is 0 Å². The van der Waals surface area contributed by atoms with Crippen LogP contribution in [-0.4, -0.2) is 38.5 Å². The third kappa shape index (κ3) is 4.30. The highest BCUT2D eigenvalue weighted by Gasteiger charge is 2.36. The number of aryl methyl sites for hydroxylation is 2. The van der Waals surface area contributed by atoms with E-state index in [1.54, 1.807) is 11.1 Å².